The minimum atomic E-state index is -2.23. The van der Waals surface area contributed by atoms with Crippen LogP contribution in [0.2, 0.25) is 11.1 Å². The van der Waals surface area contributed by atoms with Gasteiger partial charge in [-0.2, -0.15) is 0 Å². The first kappa shape index (κ1) is 31.1. The van der Waals surface area contributed by atoms with Gasteiger partial charge < -0.3 is 8.85 Å². The molecule has 31 heavy (non-hydrogen) atoms. The van der Waals surface area contributed by atoms with Crippen molar-refractivity contribution >= 4 is 8.56 Å². The van der Waals surface area contributed by atoms with Crippen molar-refractivity contribution in [2.24, 2.45) is 5.92 Å². The average molecular weight is 457 g/mol. The van der Waals surface area contributed by atoms with E-state index in [1.165, 1.54) is 103 Å². The van der Waals surface area contributed by atoms with E-state index in [4.69, 9.17) is 8.85 Å². The van der Waals surface area contributed by atoms with E-state index in [9.17, 15) is 0 Å². The number of hydrogen-bond acceptors (Lipinski definition) is 2. The quantitative estimate of drug-likeness (QED) is 0.112. The van der Waals surface area contributed by atoms with Crippen LogP contribution in [0.3, 0.4) is 0 Å². The van der Waals surface area contributed by atoms with Gasteiger partial charge in [0.25, 0.3) is 0 Å². The second kappa shape index (κ2) is 19.6. The molecule has 188 valence electrons. The Morgan fingerprint density at radius 3 is 1.32 bits per heavy atom. The molecular weight excluding hydrogens is 396 g/mol. The molecule has 0 radical (unpaired) electrons. The molecule has 0 spiro atoms. The van der Waals surface area contributed by atoms with E-state index in [0.717, 1.165) is 19.3 Å². The molecule has 1 atom stereocenters. The molecule has 0 aliphatic heterocycles. The van der Waals surface area contributed by atoms with Crippen molar-refractivity contribution < 1.29 is 8.85 Å². The first-order valence-corrected chi connectivity index (χ1v) is 16.2. The molecule has 3 heteroatoms. The summed E-state index contributed by atoms with van der Waals surface area (Å²) in [7, 11) is -2.23. The van der Waals surface area contributed by atoms with Gasteiger partial charge in [-0.25, -0.2) is 0 Å². The van der Waals surface area contributed by atoms with E-state index in [0.29, 0.717) is 5.92 Å². The van der Waals surface area contributed by atoms with Crippen LogP contribution in [0.1, 0.15) is 151 Å². The molecule has 0 aromatic carbocycles. The van der Waals surface area contributed by atoms with Crippen LogP contribution in [0, 0.1) is 5.92 Å². The molecule has 0 fully saturated rings. The predicted molar refractivity (Wildman–Crippen MR) is 142 cm³/mol. The van der Waals surface area contributed by atoms with Gasteiger partial charge >= 0.3 is 8.56 Å². The van der Waals surface area contributed by atoms with Crippen molar-refractivity contribution in [1.29, 1.82) is 0 Å². The summed E-state index contributed by atoms with van der Waals surface area (Å²) < 4.78 is 13.1. The zero-order chi connectivity index (χ0) is 23.4. The molecular formula is C28H60O2Si. The summed E-state index contributed by atoms with van der Waals surface area (Å²) in [6, 6.07) is 1.16. The Labute approximate surface area is 198 Å². The lowest BCUT2D eigenvalue weighted by Gasteiger charge is -2.46. The van der Waals surface area contributed by atoms with E-state index in [1.54, 1.807) is 0 Å². The van der Waals surface area contributed by atoms with Crippen molar-refractivity contribution in [3.8, 4) is 0 Å². The summed E-state index contributed by atoms with van der Waals surface area (Å²) in [5.74, 6) is 0.647. The van der Waals surface area contributed by atoms with Crippen LogP contribution < -0.4 is 0 Å². The first-order valence-electron chi connectivity index (χ1n) is 14.2. The molecule has 0 aromatic heterocycles. The van der Waals surface area contributed by atoms with Crippen molar-refractivity contribution in [3.63, 3.8) is 0 Å². The Morgan fingerprint density at radius 1 is 0.581 bits per heavy atom. The SMILES string of the molecule is CCCCCCCCCCCCCCCC[Si](OCC)(OCC)C(C)(C)C(C)CCC. The lowest BCUT2D eigenvalue weighted by Crippen LogP contribution is -2.54. The molecule has 0 saturated heterocycles. The lowest BCUT2D eigenvalue weighted by atomic mass is 9.92. The third-order valence-corrected chi connectivity index (χ3v) is 12.5. The van der Waals surface area contributed by atoms with E-state index in [-0.39, 0.29) is 5.04 Å². The lowest BCUT2D eigenvalue weighted by molar-refractivity contribution is 0.139. The topological polar surface area (TPSA) is 18.5 Å². The Bertz CT molecular complexity index is 377. The van der Waals surface area contributed by atoms with Crippen LogP contribution in [-0.2, 0) is 8.85 Å². The molecule has 2 nitrogen and oxygen atoms in total. The van der Waals surface area contributed by atoms with Crippen LogP contribution in [0.15, 0.2) is 0 Å². The van der Waals surface area contributed by atoms with E-state index >= 15 is 0 Å². The fourth-order valence-electron chi connectivity index (χ4n) is 5.07. The third kappa shape index (κ3) is 12.8. The molecule has 0 aromatic rings. The normalized spacial score (nSPS) is 13.6. The number of unbranched alkanes of at least 4 members (excludes halogenated alkanes) is 13. The van der Waals surface area contributed by atoms with Gasteiger partial charge in [-0.1, -0.05) is 137 Å². The Balaban J connectivity index is 4.16. The second-order valence-electron chi connectivity index (χ2n) is 10.4. The maximum absolute atomic E-state index is 6.53. The Hall–Kier alpha value is 0.137. The van der Waals surface area contributed by atoms with Gasteiger partial charge in [0, 0.05) is 18.3 Å². The van der Waals surface area contributed by atoms with Gasteiger partial charge in [-0.15, -0.1) is 0 Å². The smallest absolute Gasteiger partial charge is 0.344 e. The molecule has 1 unspecified atom stereocenters. The van der Waals surface area contributed by atoms with Crippen LogP contribution in [0.25, 0.3) is 0 Å². The maximum atomic E-state index is 6.53. The monoisotopic (exact) mass is 456 g/mol. The molecule has 0 aliphatic rings. The first-order chi connectivity index (χ1) is 14.9. The van der Waals surface area contributed by atoms with Crippen molar-refractivity contribution in [1.82, 2.24) is 0 Å². The molecule has 0 aliphatic carbocycles. The fraction of sp³-hybridized carbons (Fsp3) is 1.00. The summed E-state index contributed by atoms with van der Waals surface area (Å²) in [5, 5.41) is 0.158. The zero-order valence-corrected chi connectivity index (χ0v) is 23.8. The van der Waals surface area contributed by atoms with Crippen LogP contribution >= 0.6 is 0 Å². The van der Waals surface area contributed by atoms with Crippen LogP contribution in [0.5, 0.6) is 0 Å². The second-order valence-corrected chi connectivity index (χ2v) is 14.2. The maximum Gasteiger partial charge on any atom is 0.344 e. The minimum Gasteiger partial charge on any atom is -0.394 e. The zero-order valence-electron chi connectivity index (χ0n) is 22.8. The van der Waals surface area contributed by atoms with Gasteiger partial charge in [0.1, 0.15) is 0 Å². The highest BCUT2D eigenvalue weighted by Gasteiger charge is 2.53. The van der Waals surface area contributed by atoms with E-state index in [2.05, 4.69) is 48.5 Å². The summed E-state index contributed by atoms with van der Waals surface area (Å²) in [6.07, 6.45) is 22.3. The van der Waals surface area contributed by atoms with Gasteiger partial charge in [0.15, 0.2) is 0 Å². The molecule has 0 amide bonds. The van der Waals surface area contributed by atoms with Gasteiger partial charge in [0.2, 0.25) is 0 Å². The molecule has 0 saturated carbocycles. The van der Waals surface area contributed by atoms with Gasteiger partial charge in [-0.05, 0) is 25.8 Å². The summed E-state index contributed by atoms with van der Waals surface area (Å²) >= 11 is 0. The predicted octanol–water partition coefficient (Wildman–Crippen LogP) is 10.2. The molecule has 0 heterocycles. The minimum absolute atomic E-state index is 0.158. The van der Waals surface area contributed by atoms with E-state index in [1.807, 2.05) is 0 Å². The Kier molecular flexibility index (Phi) is 19.7. The highest BCUT2D eigenvalue weighted by Crippen LogP contribution is 2.49. The fourth-order valence-corrected chi connectivity index (χ4v) is 9.37. The number of rotatable bonds is 23. The summed E-state index contributed by atoms with van der Waals surface area (Å²) in [6.45, 7) is 17.7. The summed E-state index contributed by atoms with van der Waals surface area (Å²) in [4.78, 5) is 0. The van der Waals surface area contributed by atoms with Crippen molar-refractivity contribution in [2.75, 3.05) is 13.2 Å². The van der Waals surface area contributed by atoms with Gasteiger partial charge in [-0.3, -0.25) is 0 Å². The Morgan fingerprint density at radius 2 is 0.968 bits per heavy atom. The van der Waals surface area contributed by atoms with Crippen molar-refractivity contribution in [2.45, 2.75) is 162 Å². The van der Waals surface area contributed by atoms with Crippen LogP contribution in [0.4, 0.5) is 0 Å². The van der Waals surface area contributed by atoms with Gasteiger partial charge in [0.05, 0.1) is 0 Å². The van der Waals surface area contributed by atoms with E-state index < -0.39 is 8.56 Å². The number of hydrogen-bond donors (Lipinski definition) is 0. The molecule has 0 bridgehead atoms. The standard InChI is InChI=1S/C28H60O2Si/c1-8-12-13-14-15-16-17-18-19-20-21-22-23-24-26-31(29-10-3,30-11-4)28(6,7)27(5)25-9-2/h27H,8-26H2,1-7H3. The van der Waals surface area contributed by atoms with Crippen LogP contribution in [-0.4, -0.2) is 21.8 Å². The largest absolute Gasteiger partial charge is 0.394 e. The average Bonchev–Trinajstić information content (AvgIpc) is 2.74. The highest BCUT2D eigenvalue weighted by molar-refractivity contribution is 6.70. The third-order valence-electron chi connectivity index (χ3n) is 7.55. The van der Waals surface area contributed by atoms with Crippen molar-refractivity contribution in [3.05, 3.63) is 0 Å². The summed E-state index contributed by atoms with van der Waals surface area (Å²) in [5.41, 5.74) is 0. The molecule has 0 N–H and O–H groups in total. The highest BCUT2D eigenvalue weighted by atomic mass is 28.4. The molecule has 0 rings (SSSR count).